The summed E-state index contributed by atoms with van der Waals surface area (Å²) in [6.07, 6.45) is 6.91. The fourth-order valence-electron chi connectivity index (χ4n) is 2.73. The molecule has 1 aliphatic rings. The molecule has 0 bridgehead atoms. The van der Waals surface area contributed by atoms with Crippen molar-refractivity contribution in [1.29, 1.82) is 0 Å². The Balaban J connectivity index is 1.42. The molecule has 0 atom stereocenters. The number of pyridine rings is 1. The average Bonchev–Trinajstić information content (AvgIpc) is 3.19. The van der Waals surface area contributed by atoms with Crippen molar-refractivity contribution in [3.63, 3.8) is 0 Å². The van der Waals surface area contributed by atoms with E-state index in [0.717, 1.165) is 23.7 Å². The molecule has 0 N–H and O–H groups in total. The summed E-state index contributed by atoms with van der Waals surface area (Å²) in [6.45, 7) is 2.71. The zero-order valence-corrected chi connectivity index (χ0v) is 14.3. The number of thiazole rings is 1. The minimum atomic E-state index is -0.0230. The Morgan fingerprint density at radius 2 is 1.72 bits per heavy atom. The van der Waals surface area contributed by atoms with Crippen LogP contribution in [0.1, 0.15) is 10.5 Å². The first kappa shape index (κ1) is 15.6. The first-order valence-electron chi connectivity index (χ1n) is 7.98. The van der Waals surface area contributed by atoms with E-state index < -0.39 is 0 Å². The van der Waals surface area contributed by atoms with E-state index in [9.17, 15) is 4.79 Å². The third-order valence-corrected chi connectivity index (χ3v) is 4.94. The van der Waals surface area contributed by atoms with E-state index in [1.54, 1.807) is 30.9 Å². The molecule has 7 nitrogen and oxygen atoms in total. The Morgan fingerprint density at radius 3 is 2.44 bits per heavy atom. The molecule has 0 radical (unpaired) electrons. The van der Waals surface area contributed by atoms with Crippen LogP contribution in [0.25, 0.3) is 10.6 Å². The largest absolute Gasteiger partial charge is 0.337 e. The molecule has 126 valence electrons. The molecule has 0 saturated carbocycles. The highest BCUT2D eigenvalue weighted by molar-refractivity contribution is 7.13. The Labute approximate surface area is 149 Å². The summed E-state index contributed by atoms with van der Waals surface area (Å²) in [5.41, 5.74) is 1.48. The maximum absolute atomic E-state index is 12.7. The van der Waals surface area contributed by atoms with Crippen molar-refractivity contribution in [3.05, 3.63) is 54.1 Å². The van der Waals surface area contributed by atoms with Crippen LogP contribution in [-0.4, -0.2) is 56.9 Å². The second-order valence-electron chi connectivity index (χ2n) is 5.60. The Kier molecular flexibility index (Phi) is 4.34. The lowest BCUT2D eigenvalue weighted by molar-refractivity contribution is 0.0741. The molecule has 1 saturated heterocycles. The quantitative estimate of drug-likeness (QED) is 0.717. The summed E-state index contributed by atoms with van der Waals surface area (Å²) in [5, 5.41) is 2.66. The molecule has 0 spiro atoms. The van der Waals surface area contributed by atoms with Gasteiger partial charge in [0.15, 0.2) is 0 Å². The Morgan fingerprint density at radius 1 is 1.00 bits per heavy atom. The zero-order valence-electron chi connectivity index (χ0n) is 13.4. The Bertz CT molecular complexity index is 846. The predicted octanol–water partition coefficient (Wildman–Crippen LogP) is 1.96. The van der Waals surface area contributed by atoms with Gasteiger partial charge in [0.05, 0.1) is 0 Å². The van der Waals surface area contributed by atoms with Crippen LogP contribution in [0.5, 0.6) is 0 Å². The van der Waals surface area contributed by atoms with Crippen LogP contribution in [0.4, 0.5) is 5.95 Å². The van der Waals surface area contributed by atoms with Crippen LogP contribution >= 0.6 is 11.3 Å². The van der Waals surface area contributed by atoms with Gasteiger partial charge in [-0.1, -0.05) is 0 Å². The second-order valence-corrected chi connectivity index (χ2v) is 6.46. The number of piperazine rings is 1. The van der Waals surface area contributed by atoms with Gasteiger partial charge in [-0.3, -0.25) is 9.78 Å². The summed E-state index contributed by atoms with van der Waals surface area (Å²) in [6, 6.07) is 5.59. The molecule has 0 unspecified atom stereocenters. The van der Waals surface area contributed by atoms with Gasteiger partial charge in [-0.05, 0) is 18.2 Å². The standard InChI is InChI=1S/C17H16N6OS/c24-16(14-12-25-15(21-14)13-2-6-18-7-3-13)22-8-10-23(11-9-22)17-19-4-1-5-20-17/h1-7,12H,8-11H2. The van der Waals surface area contributed by atoms with E-state index >= 15 is 0 Å². The van der Waals surface area contributed by atoms with Crippen LogP contribution < -0.4 is 4.90 Å². The highest BCUT2D eigenvalue weighted by Gasteiger charge is 2.25. The van der Waals surface area contributed by atoms with Gasteiger partial charge in [-0.25, -0.2) is 15.0 Å². The number of carbonyl (C=O) groups excluding carboxylic acids is 1. The summed E-state index contributed by atoms with van der Waals surface area (Å²) in [7, 11) is 0. The lowest BCUT2D eigenvalue weighted by atomic mass is 10.3. The van der Waals surface area contributed by atoms with E-state index in [0.29, 0.717) is 24.7 Å². The number of amides is 1. The van der Waals surface area contributed by atoms with E-state index in [1.165, 1.54) is 11.3 Å². The van der Waals surface area contributed by atoms with Crippen molar-refractivity contribution < 1.29 is 4.79 Å². The van der Waals surface area contributed by atoms with Gasteiger partial charge in [-0.15, -0.1) is 11.3 Å². The van der Waals surface area contributed by atoms with E-state index in [-0.39, 0.29) is 5.91 Å². The minimum Gasteiger partial charge on any atom is -0.337 e. The van der Waals surface area contributed by atoms with Crippen molar-refractivity contribution >= 4 is 23.2 Å². The van der Waals surface area contributed by atoms with Gasteiger partial charge in [0.25, 0.3) is 5.91 Å². The third-order valence-electron chi connectivity index (χ3n) is 4.05. The number of aromatic nitrogens is 4. The van der Waals surface area contributed by atoms with Gasteiger partial charge >= 0.3 is 0 Å². The normalized spacial score (nSPS) is 14.6. The van der Waals surface area contributed by atoms with Crippen LogP contribution in [0, 0.1) is 0 Å². The molecule has 1 amide bonds. The summed E-state index contributed by atoms with van der Waals surface area (Å²) < 4.78 is 0. The molecule has 4 rings (SSSR count). The SMILES string of the molecule is O=C(c1csc(-c2ccncc2)n1)N1CCN(c2ncccn2)CC1. The van der Waals surface area contributed by atoms with Gasteiger partial charge in [0.1, 0.15) is 10.7 Å². The number of hydrogen-bond acceptors (Lipinski definition) is 7. The molecule has 3 aromatic rings. The van der Waals surface area contributed by atoms with Crippen molar-refractivity contribution in [3.8, 4) is 10.6 Å². The molecule has 3 aromatic heterocycles. The molecule has 0 aromatic carbocycles. The van der Waals surface area contributed by atoms with Crippen LogP contribution in [0.2, 0.25) is 0 Å². The van der Waals surface area contributed by atoms with Gasteiger partial charge in [0, 0.05) is 61.9 Å². The van der Waals surface area contributed by atoms with E-state index in [2.05, 4.69) is 24.8 Å². The van der Waals surface area contributed by atoms with Crippen LogP contribution in [0.3, 0.4) is 0 Å². The lowest BCUT2D eigenvalue weighted by Gasteiger charge is -2.34. The van der Waals surface area contributed by atoms with Gasteiger partial charge in [0.2, 0.25) is 5.95 Å². The molecular weight excluding hydrogens is 336 g/mol. The number of carbonyl (C=O) groups is 1. The molecular formula is C17H16N6OS. The maximum atomic E-state index is 12.7. The fraction of sp³-hybridized carbons (Fsp3) is 0.235. The molecule has 1 aliphatic heterocycles. The highest BCUT2D eigenvalue weighted by Crippen LogP contribution is 2.23. The Hall–Kier alpha value is -2.87. The predicted molar refractivity (Wildman–Crippen MR) is 95.5 cm³/mol. The monoisotopic (exact) mass is 352 g/mol. The summed E-state index contributed by atoms with van der Waals surface area (Å²) in [5.74, 6) is 0.688. The summed E-state index contributed by atoms with van der Waals surface area (Å²) in [4.78, 5) is 33.6. The van der Waals surface area contributed by atoms with Crippen LogP contribution in [0.15, 0.2) is 48.4 Å². The third kappa shape index (κ3) is 3.34. The lowest BCUT2D eigenvalue weighted by Crippen LogP contribution is -2.49. The fourth-order valence-corrected chi connectivity index (χ4v) is 3.53. The number of anilines is 1. The van der Waals surface area contributed by atoms with Crippen molar-refractivity contribution in [2.24, 2.45) is 0 Å². The minimum absolute atomic E-state index is 0.0230. The topological polar surface area (TPSA) is 75.1 Å². The van der Waals surface area contributed by atoms with Crippen molar-refractivity contribution in [2.45, 2.75) is 0 Å². The van der Waals surface area contributed by atoms with Gasteiger partial charge < -0.3 is 9.80 Å². The molecule has 4 heterocycles. The van der Waals surface area contributed by atoms with E-state index in [1.807, 2.05) is 22.4 Å². The van der Waals surface area contributed by atoms with Gasteiger partial charge in [-0.2, -0.15) is 0 Å². The van der Waals surface area contributed by atoms with Crippen molar-refractivity contribution in [2.75, 3.05) is 31.1 Å². The highest BCUT2D eigenvalue weighted by atomic mass is 32.1. The molecule has 8 heteroatoms. The first-order chi connectivity index (χ1) is 12.3. The zero-order chi connectivity index (χ0) is 17.1. The number of nitrogens with zero attached hydrogens (tertiary/aromatic N) is 6. The van der Waals surface area contributed by atoms with Crippen LogP contribution in [-0.2, 0) is 0 Å². The van der Waals surface area contributed by atoms with E-state index in [4.69, 9.17) is 0 Å². The molecule has 0 aliphatic carbocycles. The maximum Gasteiger partial charge on any atom is 0.273 e. The average molecular weight is 352 g/mol. The molecule has 25 heavy (non-hydrogen) atoms. The first-order valence-corrected chi connectivity index (χ1v) is 8.86. The van der Waals surface area contributed by atoms with Crippen molar-refractivity contribution in [1.82, 2.24) is 24.8 Å². The molecule has 1 fully saturated rings. The number of hydrogen-bond donors (Lipinski definition) is 0. The second kappa shape index (κ2) is 6.94. The smallest absolute Gasteiger partial charge is 0.273 e. The number of rotatable bonds is 3. The summed E-state index contributed by atoms with van der Waals surface area (Å²) >= 11 is 1.48.